The molecule has 0 aromatic carbocycles. The third-order valence-electron chi connectivity index (χ3n) is 4.47. The molecule has 1 amide bonds. The van der Waals surface area contributed by atoms with E-state index >= 15 is 0 Å². The number of carbonyl (C=O) groups is 1. The Labute approximate surface area is 129 Å². The fourth-order valence-corrected chi connectivity index (χ4v) is 3.37. The molecular formula is C13H24N6OS. The number of nitrogens with two attached hydrogens (primary N) is 2. The maximum Gasteiger partial charge on any atom is 0.233 e. The first kappa shape index (κ1) is 16.0. The normalized spacial score (nSPS) is 16.3. The van der Waals surface area contributed by atoms with Crippen molar-refractivity contribution < 1.29 is 4.79 Å². The van der Waals surface area contributed by atoms with Gasteiger partial charge in [-0.3, -0.25) is 4.79 Å². The predicted molar refractivity (Wildman–Crippen MR) is 85.2 cm³/mol. The molecule has 4 N–H and O–H groups in total. The van der Waals surface area contributed by atoms with Crippen LogP contribution in [-0.2, 0) is 4.79 Å². The summed E-state index contributed by atoms with van der Waals surface area (Å²) in [5.41, 5.74) is 11.0. The van der Waals surface area contributed by atoms with Gasteiger partial charge in [-0.25, -0.2) is 0 Å². The third-order valence-corrected chi connectivity index (χ3v) is 5.26. The number of nitrogen functional groups attached to an aromatic ring is 1. The van der Waals surface area contributed by atoms with Gasteiger partial charge >= 0.3 is 0 Å². The van der Waals surface area contributed by atoms with Crippen molar-refractivity contribution >= 4 is 28.5 Å². The molecule has 2 heterocycles. The quantitative estimate of drug-likeness (QED) is 0.822. The number of hydrogen-bond donors (Lipinski definition) is 2. The van der Waals surface area contributed by atoms with Crippen LogP contribution in [0.3, 0.4) is 0 Å². The Morgan fingerprint density at radius 2 is 1.90 bits per heavy atom. The molecule has 2 rings (SSSR count). The van der Waals surface area contributed by atoms with E-state index in [1.54, 1.807) is 0 Å². The van der Waals surface area contributed by atoms with Crippen LogP contribution in [0.1, 0.15) is 26.7 Å². The number of rotatable bonds is 5. The van der Waals surface area contributed by atoms with Gasteiger partial charge in [-0.05, 0) is 12.8 Å². The van der Waals surface area contributed by atoms with E-state index in [4.69, 9.17) is 11.5 Å². The number of nitrogens with zero attached hydrogens (tertiary/aromatic N) is 4. The van der Waals surface area contributed by atoms with E-state index < -0.39 is 5.41 Å². The summed E-state index contributed by atoms with van der Waals surface area (Å²) in [5.74, 6) is 0.499. The van der Waals surface area contributed by atoms with Crippen molar-refractivity contribution in [1.82, 2.24) is 14.3 Å². The Hall–Kier alpha value is -1.41. The van der Waals surface area contributed by atoms with E-state index in [-0.39, 0.29) is 5.91 Å². The maximum absolute atomic E-state index is 12.7. The van der Waals surface area contributed by atoms with Crippen LogP contribution in [0.2, 0.25) is 0 Å². The van der Waals surface area contributed by atoms with E-state index in [2.05, 4.69) is 14.3 Å². The van der Waals surface area contributed by atoms with E-state index in [0.29, 0.717) is 25.6 Å². The predicted octanol–water partition coefficient (Wildman–Crippen LogP) is 0.534. The fraction of sp³-hybridized carbons (Fsp3) is 0.769. The van der Waals surface area contributed by atoms with Crippen LogP contribution in [0, 0.1) is 5.41 Å². The summed E-state index contributed by atoms with van der Waals surface area (Å²) >= 11 is 1.30. The summed E-state index contributed by atoms with van der Waals surface area (Å²) in [6.07, 6.45) is 1.57. The minimum atomic E-state index is -0.407. The van der Waals surface area contributed by atoms with Gasteiger partial charge in [0.15, 0.2) is 0 Å². The number of aromatic nitrogens is 2. The summed E-state index contributed by atoms with van der Waals surface area (Å²) in [6.45, 7) is 7.39. The van der Waals surface area contributed by atoms with E-state index in [1.807, 2.05) is 18.7 Å². The minimum absolute atomic E-state index is 0.187. The highest BCUT2D eigenvalue weighted by atomic mass is 32.1. The lowest BCUT2D eigenvalue weighted by Crippen LogP contribution is -2.54. The van der Waals surface area contributed by atoms with Crippen molar-refractivity contribution in [2.24, 2.45) is 11.1 Å². The molecule has 1 aliphatic heterocycles. The van der Waals surface area contributed by atoms with Crippen molar-refractivity contribution in [2.75, 3.05) is 43.4 Å². The Morgan fingerprint density at radius 1 is 1.29 bits per heavy atom. The zero-order valence-electron chi connectivity index (χ0n) is 12.7. The largest absolute Gasteiger partial charge is 0.367 e. The van der Waals surface area contributed by atoms with Crippen LogP contribution in [0.4, 0.5) is 11.1 Å². The molecule has 7 nitrogen and oxygen atoms in total. The number of amides is 1. The molecule has 118 valence electrons. The van der Waals surface area contributed by atoms with Crippen molar-refractivity contribution in [3.63, 3.8) is 0 Å². The van der Waals surface area contributed by atoms with Crippen LogP contribution in [0.5, 0.6) is 0 Å². The monoisotopic (exact) mass is 312 g/mol. The van der Waals surface area contributed by atoms with Gasteiger partial charge in [-0.1, -0.05) is 13.8 Å². The smallest absolute Gasteiger partial charge is 0.233 e. The van der Waals surface area contributed by atoms with Crippen LogP contribution in [-0.4, -0.2) is 52.9 Å². The summed E-state index contributed by atoms with van der Waals surface area (Å²) in [7, 11) is 0. The first-order chi connectivity index (χ1) is 10.1. The molecule has 0 atom stereocenters. The molecule has 1 fully saturated rings. The van der Waals surface area contributed by atoms with Gasteiger partial charge in [0.1, 0.15) is 0 Å². The lowest BCUT2D eigenvalue weighted by molar-refractivity contribution is -0.142. The van der Waals surface area contributed by atoms with Crippen LogP contribution in [0.25, 0.3) is 0 Å². The van der Waals surface area contributed by atoms with Crippen molar-refractivity contribution in [2.45, 2.75) is 26.7 Å². The van der Waals surface area contributed by atoms with Crippen molar-refractivity contribution in [3.05, 3.63) is 0 Å². The average molecular weight is 312 g/mol. The van der Waals surface area contributed by atoms with Crippen LogP contribution in [0.15, 0.2) is 0 Å². The standard InChI is InChI=1S/C13H24N6OS/c1-3-13(4-2,9-14)10(20)18-5-7-19(8-6-18)12-16-11(15)17-21-12/h3-9,14H2,1-2H3,(H2,15,17). The van der Waals surface area contributed by atoms with Gasteiger partial charge in [-0.2, -0.15) is 9.36 Å². The van der Waals surface area contributed by atoms with Gasteiger partial charge in [-0.15, -0.1) is 0 Å². The Balaban J connectivity index is 1.98. The molecule has 0 unspecified atom stereocenters. The number of hydrogen-bond acceptors (Lipinski definition) is 7. The third kappa shape index (κ3) is 3.11. The van der Waals surface area contributed by atoms with Gasteiger partial charge in [0, 0.05) is 44.3 Å². The molecule has 21 heavy (non-hydrogen) atoms. The molecule has 0 bridgehead atoms. The summed E-state index contributed by atoms with van der Waals surface area (Å²) in [6, 6.07) is 0. The number of anilines is 2. The second-order valence-corrected chi connectivity index (χ2v) is 6.14. The molecule has 1 aliphatic rings. The molecule has 0 spiro atoms. The molecule has 1 aromatic rings. The molecule has 8 heteroatoms. The molecule has 0 aliphatic carbocycles. The van der Waals surface area contributed by atoms with Crippen molar-refractivity contribution in [1.29, 1.82) is 0 Å². The first-order valence-corrected chi connectivity index (χ1v) is 8.17. The Kier molecular flexibility index (Phi) is 5.00. The zero-order valence-corrected chi connectivity index (χ0v) is 13.5. The molecule has 0 saturated carbocycles. The highest BCUT2D eigenvalue weighted by Gasteiger charge is 2.38. The van der Waals surface area contributed by atoms with Gasteiger partial charge in [0.25, 0.3) is 0 Å². The second kappa shape index (κ2) is 6.57. The second-order valence-electron chi connectivity index (χ2n) is 5.41. The molecule has 1 saturated heterocycles. The SMILES string of the molecule is CCC(CC)(CN)C(=O)N1CCN(c2nc(N)ns2)CC1. The first-order valence-electron chi connectivity index (χ1n) is 7.40. The van der Waals surface area contributed by atoms with Gasteiger partial charge in [0.2, 0.25) is 17.0 Å². The minimum Gasteiger partial charge on any atom is -0.367 e. The summed E-state index contributed by atoms with van der Waals surface area (Å²) in [4.78, 5) is 21.0. The summed E-state index contributed by atoms with van der Waals surface area (Å²) in [5, 5.41) is 0.829. The zero-order chi connectivity index (χ0) is 15.5. The van der Waals surface area contributed by atoms with Crippen molar-refractivity contribution in [3.8, 4) is 0 Å². The van der Waals surface area contributed by atoms with E-state index in [9.17, 15) is 4.79 Å². The summed E-state index contributed by atoms with van der Waals surface area (Å²) < 4.78 is 3.99. The average Bonchev–Trinajstić information content (AvgIpc) is 2.96. The lowest BCUT2D eigenvalue weighted by atomic mass is 9.81. The molecular weight excluding hydrogens is 288 g/mol. The topological polar surface area (TPSA) is 101 Å². The highest BCUT2D eigenvalue weighted by Crippen LogP contribution is 2.29. The van der Waals surface area contributed by atoms with E-state index in [0.717, 1.165) is 31.1 Å². The molecule has 1 aromatic heterocycles. The lowest BCUT2D eigenvalue weighted by Gasteiger charge is -2.40. The fourth-order valence-electron chi connectivity index (χ4n) is 2.72. The molecule has 0 radical (unpaired) electrons. The van der Waals surface area contributed by atoms with Gasteiger partial charge < -0.3 is 21.3 Å². The Morgan fingerprint density at radius 3 is 2.33 bits per heavy atom. The number of piperazine rings is 1. The van der Waals surface area contributed by atoms with Crippen LogP contribution < -0.4 is 16.4 Å². The van der Waals surface area contributed by atoms with Gasteiger partial charge in [0.05, 0.1) is 5.41 Å². The van der Waals surface area contributed by atoms with E-state index in [1.165, 1.54) is 11.5 Å². The van der Waals surface area contributed by atoms with Crippen LogP contribution >= 0.6 is 11.5 Å². The maximum atomic E-state index is 12.7. The number of carbonyl (C=O) groups excluding carboxylic acids is 1. The highest BCUT2D eigenvalue weighted by molar-refractivity contribution is 7.09. The Bertz CT molecular complexity index is 470.